The summed E-state index contributed by atoms with van der Waals surface area (Å²) < 4.78 is 5.76. The summed E-state index contributed by atoms with van der Waals surface area (Å²) in [5.41, 5.74) is 2.18. The molecule has 1 saturated carbocycles. The number of carbonyl (C=O) groups is 2. The predicted molar refractivity (Wildman–Crippen MR) is 132 cm³/mol. The first-order chi connectivity index (χ1) is 17.0. The van der Waals surface area contributed by atoms with Gasteiger partial charge in [0, 0.05) is 41.9 Å². The Labute approximate surface area is 206 Å². The minimum absolute atomic E-state index is 0.126. The van der Waals surface area contributed by atoms with E-state index in [1.54, 1.807) is 55.1 Å². The molecule has 1 fully saturated rings. The molecule has 3 heterocycles. The van der Waals surface area contributed by atoms with Gasteiger partial charge in [-0.2, -0.15) is 0 Å². The Hall–Kier alpha value is -3.91. The number of hydrogen-bond acceptors (Lipinski definition) is 6. The Morgan fingerprint density at radius 2 is 1.89 bits per heavy atom. The second-order valence-corrected chi connectivity index (χ2v) is 8.98. The number of carboxylic acids is 1. The number of aromatic amines is 1. The minimum atomic E-state index is -0.734. The van der Waals surface area contributed by atoms with Crippen LogP contribution in [0.15, 0.2) is 61.2 Å². The zero-order valence-corrected chi connectivity index (χ0v) is 19.5. The van der Waals surface area contributed by atoms with Crippen LogP contribution in [0.5, 0.6) is 11.5 Å². The number of nitrogens with zero attached hydrogens (tertiary/aromatic N) is 2. The Morgan fingerprint density at radius 3 is 2.60 bits per heavy atom. The van der Waals surface area contributed by atoms with Crippen molar-refractivity contribution < 1.29 is 19.4 Å². The van der Waals surface area contributed by atoms with E-state index in [1.165, 1.54) is 0 Å². The van der Waals surface area contributed by atoms with Gasteiger partial charge in [0.25, 0.3) is 0 Å². The van der Waals surface area contributed by atoms with Crippen LogP contribution in [0.1, 0.15) is 41.6 Å². The number of hydrogen-bond donors (Lipinski definition) is 3. The molecule has 178 valence electrons. The monoisotopic (exact) mass is 490 g/mol. The van der Waals surface area contributed by atoms with Gasteiger partial charge in [0.1, 0.15) is 17.1 Å². The van der Waals surface area contributed by atoms with E-state index in [4.69, 9.17) is 16.3 Å². The standard InChI is InChI=1S/C26H23ClN4O4/c27-21-12-17(35-18-2-1-10-28-13-18)7-8-19(21)24(32)20-14-30-25-23(20)22(9-11-29-25)31-16-5-3-15(4-6-16)26(33)34/h1-2,7-16H,3-6H2,(H,33,34)(H2,29,30,31)/t15-,16-. The van der Waals surface area contributed by atoms with Crippen molar-refractivity contribution in [2.24, 2.45) is 5.92 Å². The highest BCUT2D eigenvalue weighted by Crippen LogP contribution is 2.33. The number of aromatic nitrogens is 3. The quantitative estimate of drug-likeness (QED) is 0.285. The normalized spacial score (nSPS) is 17.7. The molecule has 0 aliphatic heterocycles. The maximum Gasteiger partial charge on any atom is 0.306 e. The number of aliphatic carboxylic acids is 1. The summed E-state index contributed by atoms with van der Waals surface area (Å²) in [5.74, 6) is -0.193. The Kier molecular flexibility index (Phi) is 6.37. The summed E-state index contributed by atoms with van der Waals surface area (Å²) in [6.07, 6.45) is 9.32. The number of ether oxygens (including phenoxy) is 1. The molecule has 0 unspecified atom stereocenters. The number of halogens is 1. The van der Waals surface area contributed by atoms with Gasteiger partial charge in [0.05, 0.1) is 28.1 Å². The fourth-order valence-corrected chi connectivity index (χ4v) is 4.75. The van der Waals surface area contributed by atoms with E-state index < -0.39 is 5.97 Å². The van der Waals surface area contributed by atoms with E-state index in [0.717, 1.165) is 18.5 Å². The van der Waals surface area contributed by atoms with E-state index in [2.05, 4.69) is 20.3 Å². The number of carboxylic acid groups (broad SMARTS) is 1. The number of ketones is 1. The molecule has 0 atom stereocenters. The SMILES string of the molecule is O=C(c1ccc(Oc2cccnc2)cc1Cl)c1c[nH]c2nccc(N[C@H]3CC[C@H](C(=O)O)CC3)c12. The van der Waals surface area contributed by atoms with E-state index in [9.17, 15) is 14.7 Å². The lowest BCUT2D eigenvalue weighted by Gasteiger charge is -2.28. The number of H-pyrrole nitrogens is 1. The molecular formula is C26H23ClN4O4. The lowest BCUT2D eigenvalue weighted by Crippen LogP contribution is -2.29. The third-order valence-corrected chi connectivity index (χ3v) is 6.62. The lowest BCUT2D eigenvalue weighted by atomic mass is 9.86. The van der Waals surface area contributed by atoms with Gasteiger partial charge >= 0.3 is 5.97 Å². The zero-order chi connectivity index (χ0) is 24.4. The van der Waals surface area contributed by atoms with Crippen molar-refractivity contribution in [2.45, 2.75) is 31.7 Å². The Balaban J connectivity index is 1.39. The van der Waals surface area contributed by atoms with E-state index >= 15 is 0 Å². The van der Waals surface area contributed by atoms with E-state index in [-0.39, 0.29) is 22.8 Å². The number of fused-ring (bicyclic) bond motifs is 1. The third kappa shape index (κ3) is 4.83. The van der Waals surface area contributed by atoms with Crippen LogP contribution in [0.25, 0.3) is 11.0 Å². The van der Waals surface area contributed by atoms with Crippen LogP contribution in [0, 0.1) is 5.92 Å². The predicted octanol–water partition coefficient (Wildman–Crippen LogP) is 5.69. The molecule has 1 aromatic carbocycles. The van der Waals surface area contributed by atoms with Gasteiger partial charge in [-0.15, -0.1) is 0 Å². The van der Waals surface area contributed by atoms with Gasteiger partial charge in [-0.05, 0) is 56.0 Å². The first-order valence-electron chi connectivity index (χ1n) is 11.4. The first-order valence-corrected chi connectivity index (χ1v) is 11.7. The number of benzene rings is 1. The molecule has 0 saturated heterocycles. The van der Waals surface area contributed by atoms with Crippen molar-refractivity contribution in [3.05, 3.63) is 77.3 Å². The fraction of sp³-hybridized carbons (Fsp3) is 0.231. The number of rotatable bonds is 7. The molecule has 9 heteroatoms. The molecule has 0 amide bonds. The highest BCUT2D eigenvalue weighted by molar-refractivity contribution is 6.35. The smallest absolute Gasteiger partial charge is 0.306 e. The zero-order valence-electron chi connectivity index (χ0n) is 18.7. The first kappa shape index (κ1) is 22.9. The molecule has 0 bridgehead atoms. The Morgan fingerprint density at radius 1 is 1.06 bits per heavy atom. The number of pyridine rings is 2. The van der Waals surface area contributed by atoms with E-state index in [1.807, 2.05) is 6.07 Å². The largest absolute Gasteiger partial charge is 0.481 e. The summed E-state index contributed by atoms with van der Waals surface area (Å²) >= 11 is 6.49. The Bertz CT molecular complexity index is 1380. The second kappa shape index (κ2) is 9.76. The maximum atomic E-state index is 13.5. The van der Waals surface area contributed by atoms with Crippen LogP contribution in [0.3, 0.4) is 0 Å². The van der Waals surface area contributed by atoms with Crippen molar-refractivity contribution in [1.29, 1.82) is 0 Å². The second-order valence-electron chi connectivity index (χ2n) is 8.58. The molecule has 4 aromatic rings. The molecule has 1 aliphatic carbocycles. The van der Waals surface area contributed by atoms with Crippen molar-refractivity contribution in [2.75, 3.05) is 5.32 Å². The van der Waals surface area contributed by atoms with Crippen molar-refractivity contribution in [3.63, 3.8) is 0 Å². The molecule has 1 aliphatic rings. The molecule has 0 spiro atoms. The van der Waals surface area contributed by atoms with Crippen LogP contribution >= 0.6 is 11.6 Å². The van der Waals surface area contributed by atoms with Gasteiger partial charge in [-0.25, -0.2) is 4.98 Å². The van der Waals surface area contributed by atoms with Gasteiger partial charge in [-0.1, -0.05) is 11.6 Å². The highest BCUT2D eigenvalue weighted by atomic mass is 35.5. The van der Waals surface area contributed by atoms with Crippen LogP contribution in [0.4, 0.5) is 5.69 Å². The number of carbonyl (C=O) groups excluding carboxylic acids is 1. The van der Waals surface area contributed by atoms with Crippen molar-refractivity contribution in [1.82, 2.24) is 15.0 Å². The summed E-state index contributed by atoms with van der Waals surface area (Å²) in [6.45, 7) is 0. The van der Waals surface area contributed by atoms with Gasteiger partial charge in [0.2, 0.25) is 0 Å². The average molecular weight is 491 g/mol. The molecule has 3 N–H and O–H groups in total. The molecular weight excluding hydrogens is 468 g/mol. The third-order valence-electron chi connectivity index (χ3n) is 6.31. The maximum absolute atomic E-state index is 13.5. The minimum Gasteiger partial charge on any atom is -0.481 e. The van der Waals surface area contributed by atoms with Gasteiger partial charge < -0.3 is 20.1 Å². The highest BCUT2D eigenvalue weighted by Gasteiger charge is 2.27. The fourth-order valence-electron chi connectivity index (χ4n) is 4.49. The summed E-state index contributed by atoms with van der Waals surface area (Å²) in [4.78, 5) is 36.2. The van der Waals surface area contributed by atoms with Crippen LogP contribution in [-0.4, -0.2) is 37.9 Å². The number of anilines is 1. The van der Waals surface area contributed by atoms with Crippen molar-refractivity contribution in [3.8, 4) is 11.5 Å². The number of nitrogens with one attached hydrogen (secondary N) is 2. The summed E-state index contributed by atoms with van der Waals surface area (Å²) in [6, 6.07) is 10.5. The lowest BCUT2D eigenvalue weighted by molar-refractivity contribution is -0.142. The summed E-state index contributed by atoms with van der Waals surface area (Å²) in [7, 11) is 0. The topological polar surface area (TPSA) is 117 Å². The van der Waals surface area contributed by atoms with Crippen LogP contribution in [0.2, 0.25) is 5.02 Å². The molecule has 0 radical (unpaired) electrons. The van der Waals surface area contributed by atoms with E-state index in [0.29, 0.717) is 46.5 Å². The van der Waals surface area contributed by atoms with Gasteiger partial charge in [-0.3, -0.25) is 14.6 Å². The van der Waals surface area contributed by atoms with Crippen molar-refractivity contribution >= 4 is 40.1 Å². The van der Waals surface area contributed by atoms with Crippen LogP contribution < -0.4 is 10.1 Å². The van der Waals surface area contributed by atoms with Crippen LogP contribution in [-0.2, 0) is 4.79 Å². The molecule has 8 nitrogen and oxygen atoms in total. The molecule has 5 rings (SSSR count). The molecule has 3 aromatic heterocycles. The summed E-state index contributed by atoms with van der Waals surface area (Å²) in [5, 5.41) is 13.7. The average Bonchev–Trinajstić information content (AvgIpc) is 3.30. The van der Waals surface area contributed by atoms with Gasteiger partial charge in [0.15, 0.2) is 5.78 Å². The molecule has 35 heavy (non-hydrogen) atoms.